The van der Waals surface area contributed by atoms with E-state index in [-0.39, 0.29) is 37.0 Å². The molecule has 0 saturated carbocycles. The zero-order valence-electron chi connectivity index (χ0n) is 3.82. The number of hydrogen-bond donors (Lipinski definition) is 0. The number of halogens is 1. The predicted molar refractivity (Wildman–Crippen MR) is 23.6 cm³/mol. The van der Waals surface area contributed by atoms with Gasteiger partial charge in [0.1, 0.15) is 0 Å². The summed E-state index contributed by atoms with van der Waals surface area (Å²) >= 11 is -0.113. The van der Waals surface area contributed by atoms with Crippen LogP contribution in [0.3, 0.4) is 0 Å². The Morgan fingerprint density at radius 3 is 1.80 bits per heavy atom. The van der Waals surface area contributed by atoms with Crippen LogP contribution >= 0.6 is 12.4 Å². The van der Waals surface area contributed by atoms with Crippen LogP contribution in [0, 0.1) is 0 Å². The molecule has 0 aliphatic rings. The van der Waals surface area contributed by atoms with Gasteiger partial charge in [0, 0.05) is 0 Å². The van der Waals surface area contributed by atoms with Gasteiger partial charge in [0.25, 0.3) is 0 Å². The molecule has 0 rings (SSSR count). The molecule has 0 nitrogen and oxygen atoms in total. The summed E-state index contributed by atoms with van der Waals surface area (Å²) in [6.07, 6.45) is 0. The van der Waals surface area contributed by atoms with Crippen LogP contribution in [0.4, 0.5) is 0 Å². The molecule has 30 valence electrons. The first kappa shape index (κ1) is 9.52. The Hall–Kier alpha value is 1.23. The molecule has 0 atom stereocenters. The second-order valence-electron chi connectivity index (χ2n) is 1.000. The maximum atomic E-state index is 2.40. The summed E-state index contributed by atoms with van der Waals surface area (Å²) in [6, 6.07) is 0. The van der Waals surface area contributed by atoms with Crippen molar-refractivity contribution in [3.05, 3.63) is 0 Å². The van der Waals surface area contributed by atoms with E-state index in [0.29, 0.717) is 0 Å². The quantitative estimate of drug-likeness (QED) is 0.645. The predicted octanol–water partition coefficient (Wildman–Crippen LogP) is 1.98. The third-order valence-electron chi connectivity index (χ3n) is 0.500. The van der Waals surface area contributed by atoms with Gasteiger partial charge in [-0.1, -0.05) is 0 Å². The van der Waals surface area contributed by atoms with Crippen LogP contribution in [0.25, 0.3) is 0 Å². The van der Waals surface area contributed by atoms with Gasteiger partial charge in [-0.05, 0) is 0 Å². The van der Waals surface area contributed by atoms with E-state index in [1.807, 2.05) is 0 Å². The molecule has 0 radical (unpaired) electrons. The van der Waals surface area contributed by atoms with Crippen LogP contribution in [0.1, 0.15) is 6.92 Å². The molecule has 0 aromatic heterocycles. The van der Waals surface area contributed by atoms with Crippen molar-refractivity contribution < 1.29 is 24.6 Å². The Morgan fingerprint density at radius 1 is 1.60 bits per heavy atom. The van der Waals surface area contributed by atoms with Gasteiger partial charge in [-0.2, -0.15) is 0 Å². The molecule has 0 amide bonds. The van der Waals surface area contributed by atoms with Crippen LogP contribution in [0.2, 0.25) is 8.36 Å². The molecule has 0 N–H and O–H groups in total. The fourth-order valence-electron chi connectivity index (χ4n) is 0. The monoisotopic (exact) mass is 282 g/mol. The summed E-state index contributed by atoms with van der Waals surface area (Å²) in [6.45, 7) is 2.28. The second kappa shape index (κ2) is 8.97. The summed E-state index contributed by atoms with van der Waals surface area (Å²) in [5.74, 6) is 0. The maximum absolute atomic E-state index is 2.40. The van der Waals surface area contributed by atoms with Crippen molar-refractivity contribution in [2.24, 2.45) is 0 Å². The Balaban J connectivity index is 0. The van der Waals surface area contributed by atoms with Crippen molar-refractivity contribution in [1.29, 1.82) is 0 Å². The molecular formula is C3H9ClHg. The molecule has 2 heteroatoms. The summed E-state index contributed by atoms with van der Waals surface area (Å²) < 4.78 is 3.94. The van der Waals surface area contributed by atoms with Gasteiger partial charge in [0.15, 0.2) is 0 Å². The van der Waals surface area contributed by atoms with Gasteiger partial charge in [-0.3, -0.25) is 0 Å². The van der Waals surface area contributed by atoms with Gasteiger partial charge in [0.2, 0.25) is 0 Å². The molecule has 5 heavy (non-hydrogen) atoms. The van der Waals surface area contributed by atoms with Gasteiger partial charge >= 0.3 is 39.9 Å². The number of hydrogen-bond acceptors (Lipinski definition) is 0. The maximum Gasteiger partial charge on any atom is -0.147 e. The zero-order chi connectivity index (χ0) is 3.41. The van der Waals surface area contributed by atoms with Crippen LogP contribution in [0.5, 0.6) is 0 Å². The summed E-state index contributed by atoms with van der Waals surface area (Å²) in [5, 5.41) is 0. The van der Waals surface area contributed by atoms with Crippen LogP contribution < -0.4 is 0 Å². The fourth-order valence-corrected chi connectivity index (χ4v) is 0. The molecule has 0 heterocycles. The first-order chi connectivity index (χ1) is 1.91. The molecule has 0 aromatic carbocycles. The van der Waals surface area contributed by atoms with Crippen LogP contribution in [0.15, 0.2) is 0 Å². The van der Waals surface area contributed by atoms with Gasteiger partial charge in [-0.15, -0.1) is 12.4 Å². The average Bonchev–Trinajstić information content (AvgIpc) is 1.37. The minimum absolute atomic E-state index is 0. The minimum Gasteiger partial charge on any atom is -0.147 e. The molecule has 0 saturated heterocycles. The van der Waals surface area contributed by atoms with Crippen molar-refractivity contribution in [3.8, 4) is 0 Å². The first-order valence-corrected chi connectivity index (χ1v) is 11.3. The first-order valence-electron chi connectivity index (χ1n) is 1.91. The van der Waals surface area contributed by atoms with Gasteiger partial charge in [-0.25, -0.2) is 0 Å². The summed E-state index contributed by atoms with van der Waals surface area (Å²) in [5.41, 5.74) is 0. The largest absolute Gasteiger partial charge is 0.147 e. The summed E-state index contributed by atoms with van der Waals surface area (Å²) in [4.78, 5) is 0. The standard InChI is InChI=1S/C2H5.CH3.ClH.Hg/c1-2;;;/h1H2,2H3;1H3;1H;. The number of rotatable bonds is 1. The molecule has 0 bridgehead atoms. The van der Waals surface area contributed by atoms with E-state index in [4.69, 9.17) is 0 Å². The Morgan fingerprint density at radius 2 is 1.80 bits per heavy atom. The van der Waals surface area contributed by atoms with E-state index < -0.39 is 0 Å². The Kier molecular flexibility index (Phi) is 17.1. The van der Waals surface area contributed by atoms with Gasteiger partial charge < -0.3 is 0 Å². The normalized spacial score (nSPS) is 4.40. The second-order valence-corrected chi connectivity index (χ2v) is 8.77. The van der Waals surface area contributed by atoms with E-state index in [1.54, 1.807) is 3.93 Å². The topological polar surface area (TPSA) is 0 Å². The Labute approximate surface area is 52.2 Å². The SMILES string of the molecule is C[CH2][Hg][CH3].Cl. The Bertz CT molecular complexity index is 8.85. The van der Waals surface area contributed by atoms with E-state index >= 15 is 0 Å². The van der Waals surface area contributed by atoms with Crippen molar-refractivity contribution in [1.82, 2.24) is 0 Å². The van der Waals surface area contributed by atoms with Crippen molar-refractivity contribution in [3.63, 3.8) is 0 Å². The average molecular weight is 281 g/mol. The molecule has 0 aliphatic heterocycles. The summed E-state index contributed by atoms with van der Waals surface area (Å²) in [7, 11) is 0. The van der Waals surface area contributed by atoms with E-state index in [0.717, 1.165) is 0 Å². The van der Waals surface area contributed by atoms with E-state index in [1.165, 1.54) is 0 Å². The van der Waals surface area contributed by atoms with E-state index in [2.05, 4.69) is 11.4 Å². The van der Waals surface area contributed by atoms with Gasteiger partial charge in [0.05, 0.1) is 0 Å². The smallest absolute Gasteiger partial charge is 0.147 e. The molecule has 0 aliphatic carbocycles. The molecule has 0 aromatic rings. The van der Waals surface area contributed by atoms with E-state index in [9.17, 15) is 0 Å². The van der Waals surface area contributed by atoms with Crippen molar-refractivity contribution >= 4 is 12.4 Å². The third kappa shape index (κ3) is 11.0. The molecule has 0 spiro atoms. The third-order valence-corrected chi connectivity index (χ3v) is 4.39. The molecule has 0 unspecified atom stereocenters. The van der Waals surface area contributed by atoms with Crippen LogP contribution in [-0.4, -0.2) is 0 Å². The zero-order valence-corrected chi connectivity index (χ0v) is 10.1. The van der Waals surface area contributed by atoms with Crippen molar-refractivity contribution in [2.45, 2.75) is 15.3 Å². The van der Waals surface area contributed by atoms with Crippen LogP contribution in [-0.2, 0) is 24.6 Å². The molecular weight excluding hydrogens is 272 g/mol. The molecule has 0 fully saturated rings. The fraction of sp³-hybridized carbons (Fsp3) is 1.00. The van der Waals surface area contributed by atoms with Crippen molar-refractivity contribution in [2.75, 3.05) is 0 Å². The minimum atomic E-state index is -0.113.